The number of likely N-dealkylation sites (tertiary alicyclic amines) is 1. The van der Waals surface area contributed by atoms with Crippen LogP contribution < -0.4 is 4.74 Å². The van der Waals surface area contributed by atoms with Gasteiger partial charge in [-0.05, 0) is 45.7 Å². The van der Waals surface area contributed by atoms with Gasteiger partial charge in [0, 0.05) is 6.54 Å². The number of aromatic nitrogens is 1. The second-order valence-electron chi connectivity index (χ2n) is 6.73. The predicted molar refractivity (Wildman–Crippen MR) is 85.5 cm³/mol. The average molecular weight is 318 g/mol. The second-order valence-corrected chi connectivity index (χ2v) is 6.73. The maximum absolute atomic E-state index is 12.2. The van der Waals surface area contributed by atoms with Crippen LogP contribution in [0.1, 0.15) is 33.6 Å². The van der Waals surface area contributed by atoms with E-state index >= 15 is 0 Å². The van der Waals surface area contributed by atoms with Gasteiger partial charge in [0.1, 0.15) is 17.7 Å². The fraction of sp³-hybridized carbons (Fsp3) is 0.529. The lowest BCUT2D eigenvalue weighted by molar-refractivity contribution is 0.0176. The van der Waals surface area contributed by atoms with Crippen LogP contribution in [0.2, 0.25) is 0 Å². The quantitative estimate of drug-likeness (QED) is 0.865. The lowest BCUT2D eigenvalue weighted by Crippen LogP contribution is -2.42. The molecule has 1 aromatic carbocycles. The Morgan fingerprint density at radius 1 is 1.39 bits per heavy atom. The zero-order valence-electron chi connectivity index (χ0n) is 13.7. The molecule has 6 nitrogen and oxygen atoms in total. The molecule has 1 aromatic heterocycles. The number of hydrogen-bond donors (Lipinski definition) is 0. The lowest BCUT2D eigenvalue weighted by Gasteiger charge is -2.28. The molecule has 0 unspecified atom stereocenters. The minimum absolute atomic E-state index is 0.0140. The summed E-state index contributed by atoms with van der Waals surface area (Å²) in [6.07, 6.45) is 1.78. The summed E-state index contributed by atoms with van der Waals surface area (Å²) in [6, 6.07) is 7.49. The molecule has 3 rings (SSSR count). The minimum atomic E-state index is -0.495. The van der Waals surface area contributed by atoms with Gasteiger partial charge in [-0.3, -0.25) is 0 Å². The topological polar surface area (TPSA) is 64.8 Å². The average Bonchev–Trinajstić information content (AvgIpc) is 3.09. The Morgan fingerprint density at radius 2 is 2.17 bits per heavy atom. The maximum atomic E-state index is 12.2. The SMILES string of the molecule is CC(C)(C)OC(=O)N1CCC[C@H]1COc1nc2ccccc2o1. The molecule has 0 aliphatic carbocycles. The van der Waals surface area contributed by atoms with Crippen molar-refractivity contribution in [2.75, 3.05) is 13.2 Å². The van der Waals surface area contributed by atoms with E-state index in [1.54, 1.807) is 4.90 Å². The number of fused-ring (bicyclic) bond motifs is 1. The molecular weight excluding hydrogens is 296 g/mol. The van der Waals surface area contributed by atoms with Gasteiger partial charge in [0.15, 0.2) is 5.58 Å². The van der Waals surface area contributed by atoms with Crippen LogP contribution in [0.4, 0.5) is 4.79 Å². The van der Waals surface area contributed by atoms with E-state index in [1.165, 1.54) is 0 Å². The summed E-state index contributed by atoms with van der Waals surface area (Å²) < 4.78 is 16.6. The van der Waals surface area contributed by atoms with Gasteiger partial charge in [-0.25, -0.2) is 4.79 Å². The van der Waals surface area contributed by atoms with Crippen molar-refractivity contribution in [1.29, 1.82) is 0 Å². The number of ether oxygens (including phenoxy) is 2. The van der Waals surface area contributed by atoms with E-state index in [1.807, 2.05) is 45.0 Å². The molecule has 0 N–H and O–H groups in total. The van der Waals surface area contributed by atoms with Gasteiger partial charge in [0.05, 0.1) is 6.04 Å². The number of carbonyl (C=O) groups is 1. The Bertz CT molecular complexity index is 656. The molecule has 0 radical (unpaired) electrons. The van der Waals surface area contributed by atoms with Crippen LogP contribution in [-0.4, -0.2) is 40.8 Å². The summed E-state index contributed by atoms with van der Waals surface area (Å²) in [5.41, 5.74) is 0.960. The summed E-state index contributed by atoms with van der Waals surface area (Å²) in [6.45, 7) is 6.64. The van der Waals surface area contributed by atoms with E-state index in [4.69, 9.17) is 13.9 Å². The summed E-state index contributed by atoms with van der Waals surface area (Å²) >= 11 is 0. The molecule has 6 heteroatoms. The Balaban J connectivity index is 1.61. The smallest absolute Gasteiger partial charge is 0.410 e. The van der Waals surface area contributed by atoms with Gasteiger partial charge in [-0.15, -0.1) is 0 Å². The second kappa shape index (κ2) is 6.10. The van der Waals surface area contributed by atoms with Crippen molar-refractivity contribution in [3.05, 3.63) is 24.3 Å². The molecule has 1 amide bonds. The highest BCUT2D eigenvalue weighted by atomic mass is 16.6. The van der Waals surface area contributed by atoms with Gasteiger partial charge >= 0.3 is 12.2 Å². The van der Waals surface area contributed by atoms with Gasteiger partial charge in [-0.2, -0.15) is 4.98 Å². The van der Waals surface area contributed by atoms with E-state index in [2.05, 4.69) is 4.98 Å². The van der Waals surface area contributed by atoms with Crippen LogP contribution >= 0.6 is 0 Å². The molecule has 2 heterocycles. The normalized spacial score (nSPS) is 18.4. The van der Waals surface area contributed by atoms with E-state index < -0.39 is 5.60 Å². The minimum Gasteiger partial charge on any atom is -0.448 e. The van der Waals surface area contributed by atoms with Crippen LogP contribution in [-0.2, 0) is 4.74 Å². The zero-order chi connectivity index (χ0) is 16.4. The van der Waals surface area contributed by atoms with Crippen LogP contribution in [0.15, 0.2) is 28.7 Å². The van der Waals surface area contributed by atoms with E-state index in [9.17, 15) is 4.79 Å². The number of carbonyl (C=O) groups excluding carboxylic acids is 1. The van der Waals surface area contributed by atoms with Crippen LogP contribution in [0.25, 0.3) is 11.1 Å². The first kappa shape index (κ1) is 15.6. The highest BCUT2D eigenvalue weighted by molar-refractivity contribution is 5.72. The Kier molecular flexibility index (Phi) is 4.15. The van der Waals surface area contributed by atoms with Crippen molar-refractivity contribution in [3.8, 4) is 6.08 Å². The van der Waals surface area contributed by atoms with Gasteiger partial charge in [0.25, 0.3) is 0 Å². The highest BCUT2D eigenvalue weighted by Crippen LogP contribution is 2.24. The third-order valence-corrected chi connectivity index (χ3v) is 3.68. The molecular formula is C17H22N2O4. The molecule has 2 aromatic rings. The molecule has 1 saturated heterocycles. The fourth-order valence-corrected chi connectivity index (χ4v) is 2.65. The molecule has 1 fully saturated rings. The summed E-state index contributed by atoms with van der Waals surface area (Å²) in [5, 5.41) is 0. The lowest BCUT2D eigenvalue weighted by atomic mass is 10.2. The predicted octanol–water partition coefficient (Wildman–Crippen LogP) is 3.61. The Labute approximate surface area is 135 Å². The van der Waals surface area contributed by atoms with E-state index in [0.29, 0.717) is 18.7 Å². The number of nitrogens with zero attached hydrogens (tertiary/aromatic N) is 2. The number of oxazole rings is 1. The van der Waals surface area contributed by atoms with Crippen LogP contribution in [0.5, 0.6) is 6.08 Å². The molecule has 1 aliphatic rings. The first-order valence-corrected chi connectivity index (χ1v) is 7.90. The third-order valence-electron chi connectivity index (χ3n) is 3.68. The Hall–Kier alpha value is -2.24. The van der Waals surface area contributed by atoms with Gasteiger partial charge in [0.2, 0.25) is 0 Å². The van der Waals surface area contributed by atoms with Crippen molar-refractivity contribution < 1.29 is 18.7 Å². The number of benzene rings is 1. The molecule has 1 aliphatic heterocycles. The van der Waals surface area contributed by atoms with Crippen LogP contribution in [0.3, 0.4) is 0 Å². The first-order valence-electron chi connectivity index (χ1n) is 7.90. The highest BCUT2D eigenvalue weighted by Gasteiger charge is 2.32. The molecule has 1 atom stereocenters. The number of para-hydroxylation sites is 2. The molecule has 23 heavy (non-hydrogen) atoms. The molecule has 0 bridgehead atoms. The maximum Gasteiger partial charge on any atom is 0.410 e. The zero-order valence-corrected chi connectivity index (χ0v) is 13.7. The van der Waals surface area contributed by atoms with Crippen LogP contribution in [0, 0.1) is 0 Å². The largest absolute Gasteiger partial charge is 0.448 e. The molecule has 0 spiro atoms. The number of hydrogen-bond acceptors (Lipinski definition) is 5. The summed E-state index contributed by atoms with van der Waals surface area (Å²) in [7, 11) is 0. The standard InChI is InChI=1S/C17H22N2O4/c1-17(2,3)23-16(20)19-10-6-7-12(19)11-21-15-18-13-8-4-5-9-14(13)22-15/h4-5,8-9,12H,6-7,10-11H2,1-3H3/t12-/m0/s1. The van der Waals surface area contributed by atoms with Crippen molar-refractivity contribution >= 4 is 17.2 Å². The third kappa shape index (κ3) is 3.75. The monoisotopic (exact) mass is 318 g/mol. The van der Waals surface area contributed by atoms with Gasteiger partial charge < -0.3 is 18.8 Å². The Morgan fingerprint density at radius 3 is 2.91 bits per heavy atom. The van der Waals surface area contributed by atoms with Crippen molar-refractivity contribution in [2.45, 2.75) is 45.3 Å². The van der Waals surface area contributed by atoms with E-state index in [-0.39, 0.29) is 18.2 Å². The number of rotatable bonds is 3. The van der Waals surface area contributed by atoms with E-state index in [0.717, 1.165) is 18.4 Å². The number of amides is 1. The molecule has 0 saturated carbocycles. The summed E-state index contributed by atoms with van der Waals surface area (Å²) in [4.78, 5) is 18.2. The van der Waals surface area contributed by atoms with Gasteiger partial charge in [-0.1, -0.05) is 12.1 Å². The van der Waals surface area contributed by atoms with Crippen molar-refractivity contribution in [1.82, 2.24) is 9.88 Å². The summed E-state index contributed by atoms with van der Waals surface area (Å²) in [5.74, 6) is 0. The molecule has 124 valence electrons. The first-order chi connectivity index (χ1) is 10.9. The van der Waals surface area contributed by atoms with Crippen molar-refractivity contribution in [3.63, 3.8) is 0 Å². The fourth-order valence-electron chi connectivity index (χ4n) is 2.65. The van der Waals surface area contributed by atoms with Crippen molar-refractivity contribution in [2.24, 2.45) is 0 Å².